The maximum Gasteiger partial charge on any atom is 0.417 e. The van der Waals surface area contributed by atoms with Gasteiger partial charge in [-0.3, -0.25) is 0 Å². The molecule has 21 heavy (non-hydrogen) atoms. The molecular weight excluding hydrogens is 284 g/mol. The summed E-state index contributed by atoms with van der Waals surface area (Å²) < 4.78 is 52.3. The first-order valence-corrected chi connectivity index (χ1v) is 5.96. The molecule has 2 nitrogen and oxygen atoms in total. The van der Waals surface area contributed by atoms with Crippen molar-refractivity contribution in [2.24, 2.45) is 0 Å². The molecule has 0 spiro atoms. The van der Waals surface area contributed by atoms with Gasteiger partial charge in [-0.15, -0.1) is 0 Å². The summed E-state index contributed by atoms with van der Waals surface area (Å²) >= 11 is 0. The molecule has 0 atom stereocenters. The molecule has 2 aromatic rings. The highest BCUT2D eigenvalue weighted by molar-refractivity contribution is 5.65. The van der Waals surface area contributed by atoms with Crippen LogP contribution in [0.15, 0.2) is 36.4 Å². The maximum atomic E-state index is 13.7. The van der Waals surface area contributed by atoms with Gasteiger partial charge in [0.1, 0.15) is 5.82 Å². The molecule has 2 rings (SSSR count). The molecule has 1 N–H and O–H groups in total. The number of hydrogen-bond donors (Lipinski definition) is 1. The Kier molecular flexibility index (Phi) is 3.85. The van der Waals surface area contributed by atoms with E-state index in [0.29, 0.717) is 5.56 Å². The van der Waals surface area contributed by atoms with Crippen LogP contribution in [0.1, 0.15) is 16.7 Å². The molecular formula is C15H10F4N2. The fourth-order valence-electron chi connectivity index (χ4n) is 1.89. The lowest BCUT2D eigenvalue weighted by Crippen LogP contribution is -2.08. The van der Waals surface area contributed by atoms with E-state index in [0.717, 1.165) is 12.1 Å². The van der Waals surface area contributed by atoms with Crippen LogP contribution in [0, 0.1) is 24.1 Å². The zero-order valence-corrected chi connectivity index (χ0v) is 10.9. The van der Waals surface area contributed by atoms with Gasteiger partial charge < -0.3 is 5.32 Å². The minimum atomic E-state index is -4.65. The molecule has 0 aliphatic heterocycles. The van der Waals surface area contributed by atoms with E-state index in [-0.39, 0.29) is 11.4 Å². The normalized spacial score (nSPS) is 11.0. The van der Waals surface area contributed by atoms with Crippen molar-refractivity contribution in [3.8, 4) is 6.07 Å². The number of nitrogens with one attached hydrogen (secondary N) is 1. The predicted molar refractivity (Wildman–Crippen MR) is 70.6 cm³/mol. The molecule has 0 saturated carbocycles. The number of hydrogen-bond acceptors (Lipinski definition) is 2. The molecule has 0 radical (unpaired) electrons. The zero-order valence-electron chi connectivity index (χ0n) is 10.9. The highest BCUT2D eigenvalue weighted by atomic mass is 19.4. The van der Waals surface area contributed by atoms with E-state index in [1.807, 2.05) is 0 Å². The molecule has 0 fully saturated rings. The molecule has 0 unspecified atom stereocenters. The molecule has 0 aliphatic rings. The van der Waals surface area contributed by atoms with E-state index in [9.17, 15) is 17.6 Å². The van der Waals surface area contributed by atoms with Crippen molar-refractivity contribution in [1.29, 1.82) is 5.26 Å². The minimum Gasteiger partial charge on any atom is -0.353 e. The summed E-state index contributed by atoms with van der Waals surface area (Å²) in [5.41, 5.74) is -0.792. The Hall–Kier alpha value is -2.55. The Morgan fingerprint density at radius 2 is 1.86 bits per heavy atom. The highest BCUT2D eigenvalue weighted by Crippen LogP contribution is 2.34. The first-order chi connectivity index (χ1) is 9.82. The van der Waals surface area contributed by atoms with Crippen molar-refractivity contribution in [3.63, 3.8) is 0 Å². The van der Waals surface area contributed by atoms with E-state index in [4.69, 9.17) is 5.26 Å². The fourth-order valence-corrected chi connectivity index (χ4v) is 1.89. The first-order valence-electron chi connectivity index (χ1n) is 5.96. The maximum absolute atomic E-state index is 13.7. The fraction of sp³-hybridized carbons (Fsp3) is 0.133. The number of nitriles is 1. The van der Waals surface area contributed by atoms with E-state index >= 15 is 0 Å². The number of rotatable bonds is 2. The molecule has 0 aromatic heterocycles. The van der Waals surface area contributed by atoms with Gasteiger partial charge in [0.05, 0.1) is 22.9 Å². The third-order valence-electron chi connectivity index (χ3n) is 2.94. The number of alkyl halides is 3. The summed E-state index contributed by atoms with van der Waals surface area (Å²) in [6.45, 7) is 1.64. The van der Waals surface area contributed by atoms with Gasteiger partial charge in [-0.1, -0.05) is 12.1 Å². The number of para-hydroxylation sites is 1. The summed E-state index contributed by atoms with van der Waals surface area (Å²) in [5.74, 6) is -0.562. The summed E-state index contributed by atoms with van der Waals surface area (Å²) in [6.07, 6.45) is -4.65. The average Bonchev–Trinajstić information content (AvgIpc) is 2.42. The number of aryl methyl sites for hydroxylation is 1. The topological polar surface area (TPSA) is 35.8 Å². The van der Waals surface area contributed by atoms with Crippen molar-refractivity contribution in [2.45, 2.75) is 13.1 Å². The van der Waals surface area contributed by atoms with Gasteiger partial charge in [-0.2, -0.15) is 18.4 Å². The smallest absolute Gasteiger partial charge is 0.353 e. The van der Waals surface area contributed by atoms with Crippen LogP contribution in [0.5, 0.6) is 0 Å². The second-order valence-corrected chi connectivity index (χ2v) is 4.43. The molecule has 0 aliphatic carbocycles. The van der Waals surface area contributed by atoms with E-state index in [2.05, 4.69) is 5.32 Å². The Labute approximate surface area is 118 Å². The second-order valence-electron chi connectivity index (χ2n) is 4.43. The van der Waals surface area contributed by atoms with Gasteiger partial charge >= 0.3 is 6.18 Å². The van der Waals surface area contributed by atoms with Gasteiger partial charge in [-0.05, 0) is 36.8 Å². The van der Waals surface area contributed by atoms with Crippen LogP contribution in [-0.2, 0) is 6.18 Å². The lowest BCUT2D eigenvalue weighted by atomic mass is 10.1. The quantitative estimate of drug-likeness (QED) is 0.810. The van der Waals surface area contributed by atoms with E-state index < -0.39 is 23.1 Å². The Bertz CT molecular complexity index is 694. The molecule has 108 valence electrons. The van der Waals surface area contributed by atoms with Gasteiger partial charge in [-0.25, -0.2) is 4.39 Å². The summed E-state index contributed by atoms with van der Waals surface area (Å²) in [7, 11) is 0. The van der Waals surface area contributed by atoms with Crippen molar-refractivity contribution >= 4 is 11.4 Å². The standard InChI is InChI=1S/C15H10F4N2/c1-9-3-2-4-13(16)14(9)21-11-6-5-10(8-20)12(7-11)15(17,18)19/h2-7,21H,1H3. The van der Waals surface area contributed by atoms with Gasteiger partial charge in [0, 0.05) is 5.69 Å². The van der Waals surface area contributed by atoms with Gasteiger partial charge in [0.15, 0.2) is 0 Å². The van der Waals surface area contributed by atoms with E-state index in [1.54, 1.807) is 13.0 Å². The Balaban J connectivity index is 2.45. The molecule has 0 amide bonds. The van der Waals surface area contributed by atoms with Crippen LogP contribution in [0.2, 0.25) is 0 Å². The van der Waals surface area contributed by atoms with Crippen molar-refractivity contribution in [3.05, 3.63) is 58.9 Å². The third-order valence-corrected chi connectivity index (χ3v) is 2.94. The average molecular weight is 294 g/mol. The van der Waals surface area contributed by atoms with E-state index in [1.165, 1.54) is 24.3 Å². The SMILES string of the molecule is Cc1cccc(F)c1Nc1ccc(C#N)c(C(F)(F)F)c1. The molecule has 0 saturated heterocycles. The molecule has 6 heteroatoms. The summed E-state index contributed by atoms with van der Waals surface area (Å²) in [4.78, 5) is 0. The third kappa shape index (κ3) is 3.14. The largest absolute Gasteiger partial charge is 0.417 e. The Morgan fingerprint density at radius 3 is 2.43 bits per heavy atom. The van der Waals surface area contributed by atoms with Crippen LogP contribution < -0.4 is 5.32 Å². The van der Waals surface area contributed by atoms with Gasteiger partial charge in [0.2, 0.25) is 0 Å². The minimum absolute atomic E-state index is 0.0644. The number of anilines is 2. The number of nitrogens with zero attached hydrogens (tertiary/aromatic N) is 1. The second kappa shape index (κ2) is 5.44. The summed E-state index contributed by atoms with van der Waals surface area (Å²) in [6, 6.07) is 9.01. The Morgan fingerprint density at radius 1 is 1.14 bits per heavy atom. The lowest BCUT2D eigenvalue weighted by Gasteiger charge is -2.14. The first kappa shape index (κ1) is 14.9. The number of halogens is 4. The van der Waals surface area contributed by atoms with Crippen LogP contribution in [0.4, 0.5) is 28.9 Å². The van der Waals surface area contributed by atoms with Crippen molar-refractivity contribution in [2.75, 3.05) is 5.32 Å². The van der Waals surface area contributed by atoms with Crippen molar-refractivity contribution < 1.29 is 17.6 Å². The summed E-state index contributed by atoms with van der Waals surface area (Å²) in [5, 5.41) is 11.3. The molecule has 2 aromatic carbocycles. The molecule has 0 bridgehead atoms. The highest BCUT2D eigenvalue weighted by Gasteiger charge is 2.33. The number of benzene rings is 2. The van der Waals surface area contributed by atoms with Crippen LogP contribution in [0.25, 0.3) is 0 Å². The molecule has 0 heterocycles. The monoisotopic (exact) mass is 294 g/mol. The zero-order chi connectivity index (χ0) is 15.6. The van der Waals surface area contributed by atoms with Crippen LogP contribution in [-0.4, -0.2) is 0 Å². The lowest BCUT2D eigenvalue weighted by molar-refractivity contribution is -0.137. The van der Waals surface area contributed by atoms with Crippen LogP contribution >= 0.6 is 0 Å². The van der Waals surface area contributed by atoms with Crippen LogP contribution in [0.3, 0.4) is 0 Å². The predicted octanol–water partition coefficient (Wildman–Crippen LogP) is 4.77. The van der Waals surface area contributed by atoms with Crippen molar-refractivity contribution in [1.82, 2.24) is 0 Å². The van der Waals surface area contributed by atoms with Gasteiger partial charge in [0.25, 0.3) is 0 Å².